The molecule has 0 aromatic heterocycles. The minimum Gasteiger partial charge on any atom is -0.397 e. The van der Waals surface area contributed by atoms with Crippen LogP contribution in [0.4, 0.5) is 11.4 Å². The molecule has 116 valence electrons. The van der Waals surface area contributed by atoms with Gasteiger partial charge in [-0.1, -0.05) is 13.3 Å². The van der Waals surface area contributed by atoms with Gasteiger partial charge in [-0.3, -0.25) is 9.69 Å². The number of nitrogens with one attached hydrogen (secondary N) is 1. The Balaban J connectivity index is 1.92. The molecule has 1 aliphatic rings. The number of piperidine rings is 1. The maximum absolute atomic E-state index is 12.1. The number of likely N-dealkylation sites (tertiary alicyclic amines) is 1. The number of hydrogen-bond acceptors (Lipinski definition) is 4. The van der Waals surface area contributed by atoms with Crippen molar-refractivity contribution in [3.63, 3.8) is 0 Å². The highest BCUT2D eigenvalue weighted by Crippen LogP contribution is 2.27. The zero-order valence-corrected chi connectivity index (χ0v) is 13.5. The summed E-state index contributed by atoms with van der Waals surface area (Å²) >= 11 is 1.79. The van der Waals surface area contributed by atoms with E-state index in [1.165, 1.54) is 19.3 Å². The smallest absolute Gasteiger partial charge is 0.238 e. The summed E-state index contributed by atoms with van der Waals surface area (Å²) in [6.45, 7) is 4.67. The molecule has 1 aliphatic heterocycles. The number of carbonyl (C=O) groups is 1. The van der Waals surface area contributed by atoms with Gasteiger partial charge in [0, 0.05) is 4.90 Å². The third-order valence-corrected chi connectivity index (χ3v) is 4.79. The van der Waals surface area contributed by atoms with Gasteiger partial charge in [0.05, 0.1) is 17.9 Å². The third kappa shape index (κ3) is 5.25. The van der Waals surface area contributed by atoms with E-state index in [1.807, 2.05) is 18.2 Å². The monoisotopic (exact) mass is 307 g/mol. The van der Waals surface area contributed by atoms with Gasteiger partial charge in [-0.15, -0.1) is 11.8 Å². The van der Waals surface area contributed by atoms with Crippen molar-refractivity contribution in [1.82, 2.24) is 4.90 Å². The first-order chi connectivity index (χ1) is 10.2. The lowest BCUT2D eigenvalue weighted by Gasteiger charge is -2.25. The number of amides is 1. The number of nitrogen functional groups attached to an aromatic ring is 1. The number of rotatable bonds is 6. The van der Waals surface area contributed by atoms with Crippen molar-refractivity contribution in [3.8, 4) is 0 Å². The second-order valence-electron chi connectivity index (χ2n) is 5.48. The lowest BCUT2D eigenvalue weighted by molar-refractivity contribution is -0.117. The molecule has 0 atom stereocenters. The lowest BCUT2D eigenvalue weighted by Crippen LogP contribution is -2.36. The first kappa shape index (κ1) is 16.2. The summed E-state index contributed by atoms with van der Waals surface area (Å²) in [7, 11) is 0. The summed E-state index contributed by atoms with van der Waals surface area (Å²) in [5.74, 6) is 1.10. The van der Waals surface area contributed by atoms with Crippen molar-refractivity contribution < 1.29 is 4.79 Å². The number of nitrogens with two attached hydrogens (primary N) is 1. The van der Waals surface area contributed by atoms with E-state index in [1.54, 1.807) is 11.8 Å². The number of carbonyl (C=O) groups excluding carboxylic acids is 1. The van der Waals surface area contributed by atoms with Gasteiger partial charge in [0.25, 0.3) is 0 Å². The van der Waals surface area contributed by atoms with E-state index in [2.05, 4.69) is 17.1 Å². The van der Waals surface area contributed by atoms with E-state index >= 15 is 0 Å². The summed E-state index contributed by atoms with van der Waals surface area (Å²) < 4.78 is 0. The van der Waals surface area contributed by atoms with E-state index in [0.29, 0.717) is 12.2 Å². The van der Waals surface area contributed by atoms with Crippen molar-refractivity contribution in [2.24, 2.45) is 0 Å². The molecule has 0 aliphatic carbocycles. The Morgan fingerprint density at radius 1 is 1.33 bits per heavy atom. The van der Waals surface area contributed by atoms with Crippen LogP contribution in [0.3, 0.4) is 0 Å². The Morgan fingerprint density at radius 2 is 2.10 bits per heavy atom. The minimum absolute atomic E-state index is 0.0289. The summed E-state index contributed by atoms with van der Waals surface area (Å²) in [4.78, 5) is 15.5. The third-order valence-electron chi connectivity index (χ3n) is 3.59. The predicted octanol–water partition coefficient (Wildman–Crippen LogP) is 3.20. The standard InChI is InChI=1S/C16H25N3OS/c1-2-10-21-13-6-7-14(17)15(11-13)18-16(20)12-19-8-4-3-5-9-19/h6-7,11H,2-5,8-10,12,17H2,1H3,(H,18,20). The van der Waals surface area contributed by atoms with Crippen LogP contribution in [0.25, 0.3) is 0 Å². The summed E-state index contributed by atoms with van der Waals surface area (Å²) in [6, 6.07) is 5.86. The minimum atomic E-state index is 0.0289. The maximum atomic E-state index is 12.1. The van der Waals surface area contributed by atoms with Crippen LogP contribution in [0.2, 0.25) is 0 Å². The van der Waals surface area contributed by atoms with Crippen LogP contribution >= 0.6 is 11.8 Å². The SMILES string of the molecule is CCCSc1ccc(N)c(NC(=O)CN2CCCCC2)c1. The van der Waals surface area contributed by atoms with Gasteiger partial charge >= 0.3 is 0 Å². The van der Waals surface area contributed by atoms with Gasteiger partial charge < -0.3 is 11.1 Å². The molecule has 0 unspecified atom stereocenters. The number of thioether (sulfide) groups is 1. The first-order valence-corrected chi connectivity index (χ1v) is 8.72. The average molecular weight is 307 g/mol. The first-order valence-electron chi connectivity index (χ1n) is 7.73. The fourth-order valence-corrected chi connectivity index (χ4v) is 3.27. The number of nitrogens with zero attached hydrogens (tertiary/aromatic N) is 1. The fraction of sp³-hybridized carbons (Fsp3) is 0.562. The molecular formula is C16H25N3OS. The van der Waals surface area contributed by atoms with Crippen LogP contribution in [0.1, 0.15) is 32.6 Å². The van der Waals surface area contributed by atoms with Gasteiger partial charge in [-0.2, -0.15) is 0 Å². The number of anilines is 2. The normalized spacial score (nSPS) is 15.9. The van der Waals surface area contributed by atoms with Gasteiger partial charge in [-0.05, 0) is 56.3 Å². The van der Waals surface area contributed by atoms with E-state index < -0.39 is 0 Å². The van der Waals surface area contributed by atoms with E-state index in [-0.39, 0.29) is 5.91 Å². The summed E-state index contributed by atoms with van der Waals surface area (Å²) in [5, 5.41) is 2.96. The molecule has 0 bridgehead atoms. The molecule has 21 heavy (non-hydrogen) atoms. The Morgan fingerprint density at radius 3 is 2.81 bits per heavy atom. The highest BCUT2D eigenvalue weighted by Gasteiger charge is 2.14. The molecule has 5 heteroatoms. The quantitative estimate of drug-likeness (QED) is 0.626. The molecular weight excluding hydrogens is 282 g/mol. The van der Waals surface area contributed by atoms with Crippen LogP contribution in [0, 0.1) is 0 Å². The Bertz CT molecular complexity index is 473. The summed E-state index contributed by atoms with van der Waals surface area (Å²) in [6.07, 6.45) is 4.80. The van der Waals surface area contributed by atoms with Crippen LogP contribution in [-0.2, 0) is 4.79 Å². The van der Waals surface area contributed by atoms with Crippen molar-refractivity contribution in [2.75, 3.05) is 36.4 Å². The number of hydrogen-bond donors (Lipinski definition) is 2. The van der Waals surface area contributed by atoms with Crippen LogP contribution in [0.5, 0.6) is 0 Å². The van der Waals surface area contributed by atoms with Gasteiger partial charge in [0.15, 0.2) is 0 Å². The van der Waals surface area contributed by atoms with Crippen LogP contribution < -0.4 is 11.1 Å². The Kier molecular flexibility index (Phi) is 6.39. The van der Waals surface area contributed by atoms with Crippen molar-refractivity contribution in [2.45, 2.75) is 37.5 Å². The Labute approximate surface area is 131 Å². The fourth-order valence-electron chi connectivity index (χ4n) is 2.46. The van der Waals surface area contributed by atoms with Crippen molar-refractivity contribution in [3.05, 3.63) is 18.2 Å². The zero-order chi connectivity index (χ0) is 15.1. The molecule has 1 heterocycles. The van der Waals surface area contributed by atoms with Crippen LogP contribution in [0.15, 0.2) is 23.1 Å². The molecule has 1 saturated heterocycles. The largest absolute Gasteiger partial charge is 0.397 e. The zero-order valence-electron chi connectivity index (χ0n) is 12.7. The van der Waals surface area contributed by atoms with E-state index in [9.17, 15) is 4.79 Å². The second-order valence-corrected chi connectivity index (χ2v) is 6.65. The molecule has 1 aromatic rings. The molecule has 2 rings (SSSR count). The molecule has 1 amide bonds. The molecule has 1 fully saturated rings. The van der Waals surface area contributed by atoms with Gasteiger partial charge in [0.2, 0.25) is 5.91 Å². The average Bonchev–Trinajstić information content (AvgIpc) is 2.49. The Hall–Kier alpha value is -1.20. The van der Waals surface area contributed by atoms with Crippen LogP contribution in [-0.4, -0.2) is 36.2 Å². The molecule has 0 saturated carbocycles. The van der Waals surface area contributed by atoms with Gasteiger partial charge in [-0.25, -0.2) is 0 Å². The second kappa shape index (κ2) is 8.29. The van der Waals surface area contributed by atoms with Crippen molar-refractivity contribution >= 4 is 29.0 Å². The molecule has 1 aromatic carbocycles. The van der Waals surface area contributed by atoms with Crippen molar-refractivity contribution in [1.29, 1.82) is 0 Å². The molecule has 0 radical (unpaired) electrons. The van der Waals surface area contributed by atoms with Gasteiger partial charge in [0.1, 0.15) is 0 Å². The predicted molar refractivity (Wildman–Crippen MR) is 90.8 cm³/mol. The molecule has 4 nitrogen and oxygen atoms in total. The highest BCUT2D eigenvalue weighted by molar-refractivity contribution is 7.99. The lowest BCUT2D eigenvalue weighted by atomic mass is 10.1. The molecule has 0 spiro atoms. The summed E-state index contributed by atoms with van der Waals surface area (Å²) in [5.41, 5.74) is 7.32. The van der Waals surface area contributed by atoms with E-state index in [4.69, 9.17) is 5.73 Å². The highest BCUT2D eigenvalue weighted by atomic mass is 32.2. The molecule has 3 N–H and O–H groups in total. The maximum Gasteiger partial charge on any atom is 0.238 e. The van der Waals surface area contributed by atoms with E-state index in [0.717, 1.165) is 35.8 Å². The number of benzene rings is 1. The topological polar surface area (TPSA) is 58.4 Å².